The standard InChI is InChI=1S/C32H34ClN5O4/c1-31(2,3)42-30(41)37-17-32(18-37)15-36(16-32)22-8-6-20(7-9-22)21-11-23-24(25(33)12-21)13-38(29(23)40)27(14-39)28-26-5-4-10-35(26)19-34-28/h6-9,11-12,14,19,27H,4-5,10,13,15-18H2,1-3H3. The van der Waals surface area contributed by atoms with E-state index in [9.17, 15) is 14.4 Å². The molecule has 0 saturated carbocycles. The van der Waals surface area contributed by atoms with Gasteiger partial charge in [0.25, 0.3) is 5.91 Å². The lowest BCUT2D eigenvalue weighted by Crippen LogP contribution is -2.73. The van der Waals surface area contributed by atoms with Crippen LogP contribution in [0.15, 0.2) is 42.7 Å². The van der Waals surface area contributed by atoms with Gasteiger partial charge in [-0.1, -0.05) is 23.7 Å². The maximum absolute atomic E-state index is 13.6. The first-order valence-corrected chi connectivity index (χ1v) is 14.9. The molecule has 7 rings (SSSR count). The second-order valence-electron chi connectivity index (χ2n) is 13.1. The minimum absolute atomic E-state index is 0.144. The molecule has 4 aliphatic rings. The maximum atomic E-state index is 13.6. The van der Waals surface area contributed by atoms with Gasteiger partial charge < -0.3 is 28.8 Å². The molecule has 0 N–H and O–H groups in total. The number of hydrogen-bond acceptors (Lipinski definition) is 6. The van der Waals surface area contributed by atoms with Gasteiger partial charge in [-0.05, 0) is 69.0 Å². The highest BCUT2D eigenvalue weighted by Crippen LogP contribution is 2.43. The average molecular weight is 588 g/mol. The monoisotopic (exact) mass is 587 g/mol. The number of aryl methyl sites for hydroxylation is 1. The molecular weight excluding hydrogens is 554 g/mol. The number of likely N-dealkylation sites (tertiary alicyclic amines) is 1. The van der Waals surface area contributed by atoms with Crippen LogP contribution in [0.4, 0.5) is 10.5 Å². The fourth-order valence-electron chi connectivity index (χ4n) is 6.84. The zero-order chi connectivity index (χ0) is 29.4. The van der Waals surface area contributed by atoms with Crippen LogP contribution in [0.25, 0.3) is 11.1 Å². The molecule has 9 nitrogen and oxygen atoms in total. The van der Waals surface area contributed by atoms with Crippen LogP contribution in [-0.2, 0) is 29.0 Å². The first-order chi connectivity index (χ1) is 20.0. The second kappa shape index (κ2) is 9.59. The molecule has 0 radical (unpaired) electrons. The Balaban J connectivity index is 1.03. The molecule has 2 fully saturated rings. The number of benzene rings is 2. The number of aldehydes is 1. The topological polar surface area (TPSA) is 88.0 Å². The van der Waals surface area contributed by atoms with Crippen LogP contribution in [0.5, 0.6) is 0 Å². The summed E-state index contributed by atoms with van der Waals surface area (Å²) in [6, 6.07) is 11.3. The Hall–Kier alpha value is -3.85. The molecule has 1 unspecified atom stereocenters. The quantitative estimate of drug-likeness (QED) is 0.386. The van der Waals surface area contributed by atoms with Crippen LogP contribution in [0.2, 0.25) is 5.02 Å². The average Bonchev–Trinajstić information content (AvgIpc) is 3.59. The largest absolute Gasteiger partial charge is 0.444 e. The summed E-state index contributed by atoms with van der Waals surface area (Å²) in [5, 5.41) is 0.520. The Morgan fingerprint density at radius 3 is 2.52 bits per heavy atom. The summed E-state index contributed by atoms with van der Waals surface area (Å²) in [4.78, 5) is 48.3. The van der Waals surface area contributed by atoms with E-state index >= 15 is 0 Å². The number of imidazole rings is 1. The molecule has 1 spiro atoms. The number of carbonyl (C=O) groups is 3. The Morgan fingerprint density at radius 1 is 1.10 bits per heavy atom. The molecule has 10 heteroatoms. The van der Waals surface area contributed by atoms with Gasteiger partial charge in [0.15, 0.2) is 0 Å². The van der Waals surface area contributed by atoms with Crippen LogP contribution in [0.1, 0.15) is 60.5 Å². The highest BCUT2D eigenvalue weighted by atomic mass is 35.5. The van der Waals surface area contributed by atoms with Gasteiger partial charge in [0.05, 0.1) is 12.0 Å². The molecule has 3 aromatic rings. The summed E-state index contributed by atoms with van der Waals surface area (Å²) in [5.74, 6) is -0.200. The second-order valence-corrected chi connectivity index (χ2v) is 13.5. The number of anilines is 1. The van der Waals surface area contributed by atoms with Crippen LogP contribution >= 0.6 is 11.6 Å². The molecule has 2 aromatic carbocycles. The number of amides is 2. The summed E-state index contributed by atoms with van der Waals surface area (Å²) < 4.78 is 7.56. The zero-order valence-corrected chi connectivity index (χ0v) is 24.9. The molecular formula is C32H34ClN5O4. The van der Waals surface area contributed by atoms with Crippen LogP contribution < -0.4 is 4.90 Å². The van der Waals surface area contributed by atoms with E-state index < -0.39 is 11.6 Å². The summed E-state index contributed by atoms with van der Waals surface area (Å²) in [6.45, 7) is 10.1. The third-order valence-corrected chi connectivity index (χ3v) is 9.21. The predicted octanol–water partition coefficient (Wildman–Crippen LogP) is 5.10. The van der Waals surface area contributed by atoms with Gasteiger partial charge in [-0.3, -0.25) is 4.79 Å². The number of ether oxygens (including phenoxy) is 1. The van der Waals surface area contributed by atoms with E-state index in [1.54, 1.807) is 16.1 Å². The van der Waals surface area contributed by atoms with Crippen molar-refractivity contribution in [2.75, 3.05) is 31.1 Å². The first-order valence-electron chi connectivity index (χ1n) is 14.5. The van der Waals surface area contributed by atoms with Crippen molar-refractivity contribution in [1.82, 2.24) is 19.4 Å². The molecule has 4 aliphatic heterocycles. The van der Waals surface area contributed by atoms with Crippen molar-refractivity contribution in [3.8, 4) is 11.1 Å². The van der Waals surface area contributed by atoms with Crippen LogP contribution in [0, 0.1) is 5.41 Å². The van der Waals surface area contributed by atoms with E-state index in [4.69, 9.17) is 16.3 Å². The molecule has 1 aromatic heterocycles. The van der Waals surface area contributed by atoms with E-state index in [1.807, 2.05) is 45.0 Å². The molecule has 0 bridgehead atoms. The van der Waals surface area contributed by atoms with E-state index in [-0.39, 0.29) is 24.0 Å². The Kier molecular flexibility index (Phi) is 6.17. The molecule has 42 heavy (non-hydrogen) atoms. The summed E-state index contributed by atoms with van der Waals surface area (Å²) in [7, 11) is 0. The van der Waals surface area contributed by atoms with E-state index in [0.29, 0.717) is 16.3 Å². The fraction of sp³-hybridized carbons (Fsp3) is 0.438. The number of carbonyl (C=O) groups excluding carboxylic acids is 3. The summed E-state index contributed by atoms with van der Waals surface area (Å²) in [5.41, 5.74) is 5.59. The number of halogens is 1. The predicted molar refractivity (Wildman–Crippen MR) is 159 cm³/mol. The van der Waals surface area contributed by atoms with Crippen molar-refractivity contribution in [3.05, 3.63) is 70.3 Å². The van der Waals surface area contributed by atoms with Gasteiger partial charge >= 0.3 is 6.09 Å². The first kappa shape index (κ1) is 27.0. The van der Waals surface area contributed by atoms with Gasteiger partial charge in [-0.2, -0.15) is 0 Å². The lowest BCUT2D eigenvalue weighted by molar-refractivity contribution is -0.112. The third kappa shape index (κ3) is 4.45. The van der Waals surface area contributed by atoms with E-state index in [1.165, 1.54) is 0 Å². The van der Waals surface area contributed by atoms with Crippen molar-refractivity contribution in [2.24, 2.45) is 5.41 Å². The van der Waals surface area contributed by atoms with Crippen LogP contribution in [0.3, 0.4) is 0 Å². The molecule has 2 amide bonds. The van der Waals surface area contributed by atoms with Crippen molar-refractivity contribution < 1.29 is 19.1 Å². The lowest BCUT2D eigenvalue weighted by Gasteiger charge is -2.60. The SMILES string of the molecule is CC(C)(C)OC(=O)N1CC2(C1)CN(c1ccc(-c3cc(Cl)c4c(c3)C(=O)N(C(C=O)c3ncn5c3CCC5)C4)cc1)C2. The zero-order valence-electron chi connectivity index (χ0n) is 24.1. The fourth-order valence-corrected chi connectivity index (χ4v) is 7.12. The van der Waals surface area contributed by atoms with Gasteiger partial charge in [-0.15, -0.1) is 0 Å². The number of fused-ring (bicyclic) bond motifs is 2. The molecule has 2 saturated heterocycles. The molecule has 1 atom stereocenters. The van der Waals surface area contributed by atoms with Crippen molar-refractivity contribution in [3.63, 3.8) is 0 Å². The Morgan fingerprint density at radius 2 is 1.83 bits per heavy atom. The van der Waals surface area contributed by atoms with E-state index in [0.717, 1.165) is 79.9 Å². The molecule has 5 heterocycles. The number of rotatable bonds is 5. The van der Waals surface area contributed by atoms with Gasteiger partial charge in [0, 0.05) is 72.2 Å². The minimum atomic E-state index is -0.732. The highest BCUT2D eigenvalue weighted by molar-refractivity contribution is 6.32. The Labute approximate surface area is 250 Å². The van der Waals surface area contributed by atoms with Gasteiger partial charge in [0.1, 0.15) is 17.9 Å². The van der Waals surface area contributed by atoms with Crippen molar-refractivity contribution >= 4 is 35.6 Å². The number of nitrogens with zero attached hydrogens (tertiary/aromatic N) is 5. The van der Waals surface area contributed by atoms with Crippen LogP contribution in [-0.4, -0.2) is 69.4 Å². The smallest absolute Gasteiger partial charge is 0.410 e. The molecule has 0 aliphatic carbocycles. The molecule has 218 valence electrons. The van der Waals surface area contributed by atoms with Crippen molar-refractivity contribution in [2.45, 2.75) is 58.3 Å². The van der Waals surface area contributed by atoms with Gasteiger partial charge in [-0.25, -0.2) is 9.78 Å². The number of aromatic nitrogens is 2. The third-order valence-electron chi connectivity index (χ3n) is 8.87. The highest BCUT2D eigenvalue weighted by Gasteiger charge is 2.54. The normalized spacial score (nSPS) is 19.3. The van der Waals surface area contributed by atoms with Gasteiger partial charge in [0.2, 0.25) is 0 Å². The minimum Gasteiger partial charge on any atom is -0.444 e. The summed E-state index contributed by atoms with van der Waals surface area (Å²) in [6.07, 6.45) is 4.22. The van der Waals surface area contributed by atoms with E-state index in [2.05, 4.69) is 26.6 Å². The number of hydrogen-bond donors (Lipinski definition) is 0. The summed E-state index contributed by atoms with van der Waals surface area (Å²) >= 11 is 6.73. The Bertz CT molecular complexity index is 1590. The van der Waals surface area contributed by atoms with Crippen molar-refractivity contribution in [1.29, 1.82) is 0 Å². The lowest BCUT2D eigenvalue weighted by atomic mass is 9.73. The maximum Gasteiger partial charge on any atom is 0.410 e.